The third-order valence-electron chi connectivity index (χ3n) is 6.84. The molecule has 1 aliphatic carbocycles. The van der Waals surface area contributed by atoms with Crippen LogP contribution in [0.25, 0.3) is 11.0 Å². The molecule has 6 nitrogen and oxygen atoms in total. The van der Waals surface area contributed by atoms with Crippen molar-refractivity contribution < 1.29 is 17.8 Å². The SMILES string of the molecule is NC(=O)CC(c1ccc(S(=O)CC2CC2)cc1)c1nc2c(Cl)c(N3CCC(F)(F)CC3)c(Cl)cc2[nH]1. The number of nitrogens with two attached hydrogens (primary N) is 1. The minimum Gasteiger partial charge on any atom is -0.370 e. The van der Waals surface area contributed by atoms with E-state index in [0.29, 0.717) is 39.2 Å². The van der Waals surface area contributed by atoms with Gasteiger partial charge >= 0.3 is 0 Å². The van der Waals surface area contributed by atoms with Crippen molar-refractivity contribution in [2.75, 3.05) is 23.7 Å². The lowest BCUT2D eigenvalue weighted by atomic mass is 9.95. The summed E-state index contributed by atoms with van der Waals surface area (Å²) in [5, 5.41) is 0.607. The molecule has 192 valence electrons. The van der Waals surface area contributed by atoms with Gasteiger partial charge in [-0.3, -0.25) is 9.00 Å². The molecule has 1 aliphatic heterocycles. The summed E-state index contributed by atoms with van der Waals surface area (Å²) in [6, 6.07) is 8.99. The highest BCUT2D eigenvalue weighted by molar-refractivity contribution is 7.85. The number of nitrogens with zero attached hydrogens (tertiary/aromatic N) is 2. The maximum absolute atomic E-state index is 13.7. The number of rotatable bonds is 8. The van der Waals surface area contributed by atoms with Gasteiger partial charge in [0.05, 0.1) is 38.0 Å². The van der Waals surface area contributed by atoms with Crippen molar-refractivity contribution in [2.45, 2.75) is 48.8 Å². The zero-order valence-electron chi connectivity index (χ0n) is 19.4. The Hall–Kier alpha value is -2.23. The maximum atomic E-state index is 13.7. The van der Waals surface area contributed by atoms with Gasteiger partial charge in [0.2, 0.25) is 5.91 Å². The number of H-pyrrole nitrogens is 1. The van der Waals surface area contributed by atoms with Crippen LogP contribution >= 0.6 is 23.2 Å². The summed E-state index contributed by atoms with van der Waals surface area (Å²) >= 11 is 13.2. The van der Waals surface area contributed by atoms with Crippen molar-refractivity contribution in [1.29, 1.82) is 0 Å². The average Bonchev–Trinajstić information content (AvgIpc) is 3.54. The van der Waals surface area contributed by atoms with E-state index in [1.165, 1.54) is 0 Å². The van der Waals surface area contributed by atoms with Gasteiger partial charge in [0.25, 0.3) is 5.92 Å². The highest BCUT2D eigenvalue weighted by Crippen LogP contribution is 2.42. The molecule has 1 aromatic heterocycles. The molecule has 2 fully saturated rings. The van der Waals surface area contributed by atoms with E-state index in [-0.39, 0.29) is 37.4 Å². The van der Waals surface area contributed by atoms with Gasteiger partial charge in [0, 0.05) is 43.0 Å². The molecular formula is C25H26Cl2F2N4O2S. The molecule has 2 atom stereocenters. The molecule has 1 saturated heterocycles. The Balaban J connectivity index is 1.46. The van der Waals surface area contributed by atoms with Crippen molar-refractivity contribution in [2.24, 2.45) is 11.7 Å². The Labute approximate surface area is 220 Å². The van der Waals surface area contributed by atoms with E-state index >= 15 is 0 Å². The molecule has 2 unspecified atom stereocenters. The third kappa shape index (κ3) is 5.38. The lowest BCUT2D eigenvalue weighted by Crippen LogP contribution is -2.39. The molecule has 1 amide bonds. The highest BCUT2D eigenvalue weighted by atomic mass is 35.5. The number of alkyl halides is 2. The number of piperidine rings is 1. The molecule has 11 heteroatoms. The van der Waals surface area contributed by atoms with Gasteiger partial charge in [0.1, 0.15) is 11.3 Å². The zero-order valence-corrected chi connectivity index (χ0v) is 21.7. The largest absolute Gasteiger partial charge is 0.370 e. The topological polar surface area (TPSA) is 92.1 Å². The van der Waals surface area contributed by atoms with E-state index in [4.69, 9.17) is 28.9 Å². The van der Waals surface area contributed by atoms with Crippen molar-refractivity contribution in [1.82, 2.24) is 9.97 Å². The van der Waals surface area contributed by atoms with Gasteiger partial charge in [-0.25, -0.2) is 13.8 Å². The van der Waals surface area contributed by atoms with Crippen LogP contribution in [0.4, 0.5) is 14.5 Å². The Bertz CT molecular complexity index is 1320. The van der Waals surface area contributed by atoms with E-state index < -0.39 is 28.5 Å². The number of halogens is 4. The Morgan fingerprint density at radius 1 is 1.22 bits per heavy atom. The van der Waals surface area contributed by atoms with Gasteiger partial charge in [-0.15, -0.1) is 0 Å². The lowest BCUT2D eigenvalue weighted by Gasteiger charge is -2.34. The van der Waals surface area contributed by atoms with Crippen LogP contribution in [-0.4, -0.2) is 44.8 Å². The van der Waals surface area contributed by atoms with Crippen molar-refractivity contribution in [3.05, 3.63) is 51.8 Å². The lowest BCUT2D eigenvalue weighted by molar-refractivity contribution is -0.118. The molecule has 2 aliphatic rings. The van der Waals surface area contributed by atoms with Gasteiger partial charge in [-0.1, -0.05) is 35.3 Å². The molecule has 2 aromatic carbocycles. The van der Waals surface area contributed by atoms with Crippen LogP contribution in [0.1, 0.15) is 49.4 Å². The number of aromatic amines is 1. The summed E-state index contributed by atoms with van der Waals surface area (Å²) in [6.45, 7) is 0.266. The summed E-state index contributed by atoms with van der Waals surface area (Å²) in [6.07, 6.45) is 1.73. The van der Waals surface area contributed by atoms with Crippen molar-refractivity contribution >= 4 is 56.6 Å². The van der Waals surface area contributed by atoms with Crippen LogP contribution < -0.4 is 10.6 Å². The molecule has 3 N–H and O–H groups in total. The van der Waals surface area contributed by atoms with E-state index in [9.17, 15) is 17.8 Å². The normalized spacial score (nSPS) is 19.4. The van der Waals surface area contributed by atoms with Gasteiger partial charge in [0.15, 0.2) is 0 Å². The summed E-state index contributed by atoms with van der Waals surface area (Å²) < 4.78 is 39.9. The van der Waals surface area contributed by atoms with E-state index in [1.54, 1.807) is 11.0 Å². The Morgan fingerprint density at radius 3 is 2.50 bits per heavy atom. The number of hydrogen-bond acceptors (Lipinski definition) is 4. The number of imidazole rings is 1. The molecule has 3 aromatic rings. The molecule has 2 heterocycles. The Kier molecular flexibility index (Phi) is 7.00. The van der Waals surface area contributed by atoms with Crippen molar-refractivity contribution in [3.63, 3.8) is 0 Å². The second kappa shape index (κ2) is 9.91. The number of benzene rings is 2. The summed E-state index contributed by atoms with van der Waals surface area (Å²) in [7, 11) is -1.05. The highest BCUT2D eigenvalue weighted by Gasteiger charge is 2.35. The fourth-order valence-corrected chi connectivity index (χ4v) is 6.75. The molecule has 1 saturated carbocycles. The third-order valence-corrected chi connectivity index (χ3v) is 9.06. The van der Waals surface area contributed by atoms with Crippen molar-refractivity contribution in [3.8, 4) is 0 Å². The number of fused-ring (bicyclic) bond motifs is 1. The number of primary amides is 1. The summed E-state index contributed by atoms with van der Waals surface area (Å²) in [5.74, 6) is -1.97. The minimum atomic E-state index is -2.69. The standard InChI is InChI=1S/C25H26Cl2F2N4O2S/c26-18-12-19-22(21(27)23(18)33-9-7-25(28,29)8-10-33)32-24(31-19)17(11-20(30)34)15-3-5-16(6-4-15)36(35)13-14-1-2-14/h3-6,12,14,17H,1-2,7-11,13H2,(H2,30,34)(H,31,32). The number of nitrogens with one attached hydrogen (secondary N) is 1. The zero-order chi connectivity index (χ0) is 25.6. The fraction of sp³-hybridized carbons (Fsp3) is 0.440. The predicted octanol–water partition coefficient (Wildman–Crippen LogP) is 5.63. The molecule has 0 radical (unpaired) electrons. The van der Waals surface area contributed by atoms with Crippen LogP contribution in [0.5, 0.6) is 0 Å². The predicted molar refractivity (Wildman–Crippen MR) is 139 cm³/mol. The van der Waals surface area contributed by atoms with Gasteiger partial charge in [-0.05, 0) is 42.5 Å². The van der Waals surface area contributed by atoms with Crippen LogP contribution in [0.3, 0.4) is 0 Å². The van der Waals surface area contributed by atoms with E-state index in [0.717, 1.165) is 23.3 Å². The minimum absolute atomic E-state index is 0.00372. The van der Waals surface area contributed by atoms with Gasteiger partial charge in [-0.2, -0.15) is 0 Å². The second-order valence-corrected chi connectivity index (χ2v) is 11.9. The first-order chi connectivity index (χ1) is 17.1. The maximum Gasteiger partial charge on any atom is 0.251 e. The molecule has 0 spiro atoms. The molecule has 0 bridgehead atoms. The smallest absolute Gasteiger partial charge is 0.251 e. The first kappa shape index (κ1) is 25.4. The first-order valence-corrected chi connectivity index (χ1v) is 14.0. The number of anilines is 1. The second-order valence-electron chi connectivity index (χ2n) is 9.63. The summed E-state index contributed by atoms with van der Waals surface area (Å²) in [5.41, 5.74) is 7.84. The number of hydrogen-bond donors (Lipinski definition) is 2. The van der Waals surface area contributed by atoms with Crippen LogP contribution in [0, 0.1) is 5.92 Å². The quantitative estimate of drug-likeness (QED) is 0.377. The van der Waals surface area contributed by atoms with E-state index in [1.807, 2.05) is 24.3 Å². The van der Waals surface area contributed by atoms with E-state index in [2.05, 4.69) is 9.97 Å². The molecule has 36 heavy (non-hydrogen) atoms. The number of carbonyl (C=O) groups is 1. The van der Waals surface area contributed by atoms with Crippen LogP contribution in [-0.2, 0) is 15.6 Å². The summed E-state index contributed by atoms with van der Waals surface area (Å²) in [4.78, 5) is 22.3. The molecular weight excluding hydrogens is 529 g/mol. The average molecular weight is 555 g/mol. The first-order valence-electron chi connectivity index (χ1n) is 11.9. The Morgan fingerprint density at radius 2 is 1.89 bits per heavy atom. The monoisotopic (exact) mass is 554 g/mol. The number of aromatic nitrogens is 2. The number of carbonyl (C=O) groups excluding carboxylic acids is 1. The van der Waals surface area contributed by atoms with Crippen LogP contribution in [0.2, 0.25) is 10.0 Å². The van der Waals surface area contributed by atoms with Crippen LogP contribution in [0.15, 0.2) is 35.2 Å². The molecule has 5 rings (SSSR count). The van der Waals surface area contributed by atoms with Gasteiger partial charge < -0.3 is 15.6 Å². The fourth-order valence-electron chi connectivity index (χ4n) is 4.62. The number of amides is 1.